The molecule has 0 aliphatic carbocycles. The lowest BCUT2D eigenvalue weighted by atomic mass is 10.2. The first-order valence-corrected chi connectivity index (χ1v) is 7.75. The van der Waals surface area contributed by atoms with Crippen LogP contribution < -0.4 is 10.2 Å². The van der Waals surface area contributed by atoms with Gasteiger partial charge in [0.15, 0.2) is 11.6 Å². The Hall–Kier alpha value is -2.80. The van der Waals surface area contributed by atoms with E-state index in [1.807, 2.05) is 30.3 Å². The predicted octanol–water partition coefficient (Wildman–Crippen LogP) is 2.13. The second-order valence-electron chi connectivity index (χ2n) is 5.61. The number of carbonyl (C=O) groups excluding carboxylic acids is 2. The highest BCUT2D eigenvalue weighted by Gasteiger charge is 2.27. The number of rotatable bonds is 4. The van der Waals surface area contributed by atoms with Crippen LogP contribution in [0.2, 0.25) is 0 Å². The van der Waals surface area contributed by atoms with E-state index in [2.05, 4.69) is 5.32 Å². The van der Waals surface area contributed by atoms with E-state index < -0.39 is 23.6 Å². The fraction of sp³-hybridized carbons (Fsp3) is 0.222. The summed E-state index contributed by atoms with van der Waals surface area (Å²) in [6.07, 6.45) is -0.396. The number of carbonyl (C=O) groups is 2. The van der Waals surface area contributed by atoms with Gasteiger partial charge in [0.2, 0.25) is 0 Å². The first-order valence-electron chi connectivity index (χ1n) is 7.75. The van der Waals surface area contributed by atoms with E-state index in [1.165, 1.54) is 6.07 Å². The zero-order valence-corrected chi connectivity index (χ0v) is 13.2. The molecule has 1 N–H and O–H groups in total. The summed E-state index contributed by atoms with van der Waals surface area (Å²) < 4.78 is 31.5. The number of amides is 2. The molecule has 1 aliphatic rings. The van der Waals surface area contributed by atoms with E-state index >= 15 is 0 Å². The second kappa shape index (κ2) is 7.40. The number of para-hydroxylation sites is 1. The Balaban J connectivity index is 1.60. The molecule has 0 bridgehead atoms. The first-order chi connectivity index (χ1) is 12.0. The van der Waals surface area contributed by atoms with Gasteiger partial charge in [-0.3, -0.25) is 9.59 Å². The topological polar surface area (TPSA) is 58.6 Å². The van der Waals surface area contributed by atoms with Crippen molar-refractivity contribution in [2.75, 3.05) is 24.6 Å². The molecule has 0 radical (unpaired) electrons. The van der Waals surface area contributed by atoms with Crippen molar-refractivity contribution >= 4 is 17.5 Å². The summed E-state index contributed by atoms with van der Waals surface area (Å²) in [6.45, 7) is 0.357. The van der Waals surface area contributed by atoms with Crippen molar-refractivity contribution in [2.24, 2.45) is 0 Å². The Kier molecular flexibility index (Phi) is 5.04. The second-order valence-corrected chi connectivity index (χ2v) is 5.61. The Labute approximate surface area is 143 Å². The molecule has 0 aromatic heterocycles. The molecule has 2 amide bonds. The molecule has 130 valence electrons. The number of ether oxygens (including phenoxy) is 1. The van der Waals surface area contributed by atoms with Crippen LogP contribution in [0.5, 0.6) is 0 Å². The highest BCUT2D eigenvalue weighted by atomic mass is 19.2. The third kappa shape index (κ3) is 4.00. The minimum Gasteiger partial charge on any atom is -0.365 e. The zero-order chi connectivity index (χ0) is 17.8. The predicted molar refractivity (Wildman–Crippen MR) is 87.2 cm³/mol. The van der Waals surface area contributed by atoms with Crippen LogP contribution in [-0.2, 0) is 9.53 Å². The normalized spacial score (nSPS) is 17.4. The SMILES string of the molecule is O=C(NCC1CN(c2ccccc2)C(=O)CO1)c1ccc(F)c(F)c1. The summed E-state index contributed by atoms with van der Waals surface area (Å²) in [5.74, 6) is -2.79. The maximum Gasteiger partial charge on any atom is 0.253 e. The van der Waals surface area contributed by atoms with Gasteiger partial charge < -0.3 is 15.0 Å². The van der Waals surface area contributed by atoms with Crippen LogP contribution in [-0.4, -0.2) is 37.6 Å². The summed E-state index contributed by atoms with van der Waals surface area (Å²) in [6, 6.07) is 12.1. The molecule has 2 aromatic carbocycles. The van der Waals surface area contributed by atoms with Gasteiger partial charge in [0.25, 0.3) is 11.8 Å². The highest BCUT2D eigenvalue weighted by molar-refractivity contribution is 5.95. The monoisotopic (exact) mass is 346 g/mol. The Morgan fingerprint density at radius 1 is 1.16 bits per heavy atom. The van der Waals surface area contributed by atoms with E-state index in [4.69, 9.17) is 4.74 Å². The van der Waals surface area contributed by atoms with E-state index in [0.29, 0.717) is 6.54 Å². The van der Waals surface area contributed by atoms with Gasteiger partial charge >= 0.3 is 0 Å². The van der Waals surface area contributed by atoms with E-state index in [-0.39, 0.29) is 24.6 Å². The fourth-order valence-electron chi connectivity index (χ4n) is 2.55. The standard InChI is InChI=1S/C18H16F2N2O3/c19-15-7-6-12(8-16(15)20)18(24)21-9-14-10-22(17(23)11-25-14)13-4-2-1-3-5-13/h1-8,14H,9-11H2,(H,21,24). The summed E-state index contributed by atoms with van der Waals surface area (Å²) in [5.41, 5.74) is 0.776. The smallest absolute Gasteiger partial charge is 0.253 e. The molecule has 5 nitrogen and oxygen atoms in total. The van der Waals surface area contributed by atoms with Gasteiger partial charge in [-0.25, -0.2) is 8.78 Å². The summed E-state index contributed by atoms with van der Waals surface area (Å²) in [7, 11) is 0. The third-order valence-corrected chi connectivity index (χ3v) is 3.87. The molecule has 1 atom stereocenters. The lowest BCUT2D eigenvalue weighted by Gasteiger charge is -2.32. The van der Waals surface area contributed by atoms with Crippen molar-refractivity contribution in [3.8, 4) is 0 Å². The van der Waals surface area contributed by atoms with Gasteiger partial charge in [-0.05, 0) is 30.3 Å². The van der Waals surface area contributed by atoms with Gasteiger partial charge in [-0.15, -0.1) is 0 Å². The van der Waals surface area contributed by atoms with Gasteiger partial charge in [0.05, 0.1) is 12.6 Å². The molecule has 2 aromatic rings. The van der Waals surface area contributed by atoms with Crippen molar-refractivity contribution in [3.63, 3.8) is 0 Å². The first kappa shape index (κ1) is 17.0. The van der Waals surface area contributed by atoms with Crippen LogP contribution in [0.25, 0.3) is 0 Å². The summed E-state index contributed by atoms with van der Waals surface area (Å²) >= 11 is 0. The number of benzene rings is 2. The molecule has 7 heteroatoms. The molecule has 1 aliphatic heterocycles. The van der Waals surface area contributed by atoms with Crippen LogP contribution in [0, 0.1) is 11.6 Å². The molecular weight excluding hydrogens is 330 g/mol. The van der Waals surface area contributed by atoms with E-state index in [0.717, 1.165) is 17.8 Å². The Morgan fingerprint density at radius 3 is 2.64 bits per heavy atom. The van der Waals surface area contributed by atoms with Gasteiger partial charge in [0, 0.05) is 17.8 Å². The molecule has 3 rings (SSSR count). The Morgan fingerprint density at radius 2 is 1.92 bits per heavy atom. The molecule has 1 heterocycles. The minimum absolute atomic E-state index is 0.0192. The molecule has 1 saturated heterocycles. The zero-order valence-electron chi connectivity index (χ0n) is 13.2. The van der Waals surface area contributed by atoms with Crippen molar-refractivity contribution in [1.82, 2.24) is 5.32 Å². The average molecular weight is 346 g/mol. The summed E-state index contributed by atoms with van der Waals surface area (Å²) in [5, 5.41) is 2.61. The lowest BCUT2D eigenvalue weighted by molar-refractivity contribution is -0.129. The van der Waals surface area contributed by atoms with Crippen LogP contribution in [0.1, 0.15) is 10.4 Å². The number of hydrogen-bond donors (Lipinski definition) is 1. The van der Waals surface area contributed by atoms with Crippen LogP contribution in [0.3, 0.4) is 0 Å². The van der Waals surface area contributed by atoms with E-state index in [1.54, 1.807) is 4.90 Å². The van der Waals surface area contributed by atoms with E-state index in [9.17, 15) is 18.4 Å². The van der Waals surface area contributed by atoms with Crippen molar-refractivity contribution in [3.05, 3.63) is 65.7 Å². The number of halogens is 2. The van der Waals surface area contributed by atoms with Crippen LogP contribution in [0.15, 0.2) is 48.5 Å². The largest absolute Gasteiger partial charge is 0.365 e. The molecule has 0 saturated carbocycles. The maximum absolute atomic E-state index is 13.2. The number of morpholine rings is 1. The fourth-order valence-corrected chi connectivity index (χ4v) is 2.55. The molecule has 1 fully saturated rings. The minimum atomic E-state index is -1.08. The van der Waals surface area contributed by atoms with Crippen LogP contribution >= 0.6 is 0 Å². The number of hydrogen-bond acceptors (Lipinski definition) is 3. The van der Waals surface area contributed by atoms with Crippen LogP contribution in [0.4, 0.5) is 14.5 Å². The van der Waals surface area contributed by atoms with Gasteiger partial charge in [0.1, 0.15) is 6.61 Å². The quantitative estimate of drug-likeness (QED) is 0.923. The highest BCUT2D eigenvalue weighted by Crippen LogP contribution is 2.18. The average Bonchev–Trinajstić information content (AvgIpc) is 2.63. The van der Waals surface area contributed by atoms with Crippen molar-refractivity contribution in [1.29, 1.82) is 0 Å². The van der Waals surface area contributed by atoms with Gasteiger partial charge in [-0.1, -0.05) is 18.2 Å². The lowest BCUT2D eigenvalue weighted by Crippen LogP contribution is -2.50. The molecule has 1 unspecified atom stereocenters. The molecular formula is C18H16F2N2O3. The van der Waals surface area contributed by atoms with Gasteiger partial charge in [-0.2, -0.15) is 0 Å². The molecule has 25 heavy (non-hydrogen) atoms. The maximum atomic E-state index is 13.2. The molecule has 0 spiro atoms. The number of nitrogens with one attached hydrogen (secondary N) is 1. The summed E-state index contributed by atoms with van der Waals surface area (Å²) in [4.78, 5) is 25.6. The number of nitrogens with zero attached hydrogens (tertiary/aromatic N) is 1. The number of anilines is 1. The van der Waals surface area contributed by atoms with Crippen molar-refractivity contribution < 1.29 is 23.1 Å². The third-order valence-electron chi connectivity index (χ3n) is 3.87. The van der Waals surface area contributed by atoms with Crippen molar-refractivity contribution in [2.45, 2.75) is 6.10 Å². The Bertz CT molecular complexity index is 783.